The van der Waals surface area contributed by atoms with Crippen molar-refractivity contribution in [2.75, 3.05) is 12.0 Å². The number of anilines is 1. The van der Waals surface area contributed by atoms with Crippen molar-refractivity contribution in [3.8, 4) is 5.75 Å². The maximum Gasteiger partial charge on any atom is 0.256 e. The Balaban J connectivity index is 2.59. The molecule has 5 heteroatoms. The van der Waals surface area contributed by atoms with E-state index in [-0.39, 0.29) is 17.5 Å². The predicted octanol–water partition coefficient (Wildman–Crippen LogP) is 2.56. The minimum atomic E-state index is -0.293. The summed E-state index contributed by atoms with van der Waals surface area (Å²) in [5.41, 5.74) is 4.50. The van der Waals surface area contributed by atoms with Gasteiger partial charge in [0.1, 0.15) is 11.8 Å². The number of ether oxygens (including phenoxy) is 1. The molecule has 1 aliphatic rings. The van der Waals surface area contributed by atoms with Gasteiger partial charge >= 0.3 is 0 Å². The predicted molar refractivity (Wildman–Crippen MR) is 89.0 cm³/mol. The average molecular weight is 305 g/mol. The summed E-state index contributed by atoms with van der Waals surface area (Å²) in [5, 5.41) is 0. The zero-order chi connectivity index (χ0) is 16.5. The molecular weight excluding hydrogens is 278 g/mol. The van der Waals surface area contributed by atoms with Gasteiger partial charge in [-0.15, -0.1) is 0 Å². The van der Waals surface area contributed by atoms with E-state index in [0.717, 1.165) is 17.9 Å². The molecule has 1 heterocycles. The van der Waals surface area contributed by atoms with Crippen LogP contribution in [-0.2, 0) is 4.79 Å². The van der Waals surface area contributed by atoms with Crippen LogP contribution in [0.3, 0.4) is 0 Å². The fraction of sp³-hybridized carbons (Fsp3) is 0.588. The highest BCUT2D eigenvalue weighted by atomic mass is 16.5. The van der Waals surface area contributed by atoms with Crippen LogP contribution in [0, 0.1) is 0 Å². The van der Waals surface area contributed by atoms with Crippen molar-refractivity contribution < 1.29 is 9.53 Å². The third kappa shape index (κ3) is 2.77. The number of hydrazine groups is 1. The van der Waals surface area contributed by atoms with E-state index in [1.165, 1.54) is 5.56 Å². The third-order valence-corrected chi connectivity index (χ3v) is 4.63. The van der Waals surface area contributed by atoms with Crippen LogP contribution in [0.15, 0.2) is 18.2 Å². The smallest absolute Gasteiger partial charge is 0.256 e. The van der Waals surface area contributed by atoms with E-state index in [4.69, 9.17) is 10.6 Å². The average Bonchev–Trinajstić information content (AvgIpc) is 2.49. The molecule has 0 spiro atoms. The Bertz CT molecular complexity index is 557. The van der Waals surface area contributed by atoms with Gasteiger partial charge in [0, 0.05) is 17.3 Å². The van der Waals surface area contributed by atoms with Gasteiger partial charge in [0.15, 0.2) is 0 Å². The standard InChI is InChI=1S/C17H27N3O2/c1-6-14(16(21)19-18)20-15-9-12(22-5)7-8-13(15)11(2)10-17(20,3)4/h7-9,11,14H,6,10,18H2,1-5H3,(H,19,21)/t11-,14-/m0/s1. The number of fused-ring (bicyclic) bond motifs is 1. The molecule has 2 atom stereocenters. The van der Waals surface area contributed by atoms with E-state index >= 15 is 0 Å². The Morgan fingerprint density at radius 3 is 2.77 bits per heavy atom. The van der Waals surface area contributed by atoms with Crippen molar-refractivity contribution in [2.24, 2.45) is 5.84 Å². The SMILES string of the molecule is CC[C@@H](C(=O)NN)N1c2cc(OC)ccc2[C@@H](C)CC1(C)C. The van der Waals surface area contributed by atoms with E-state index < -0.39 is 0 Å². The lowest BCUT2D eigenvalue weighted by Gasteiger charge is -2.50. The maximum atomic E-state index is 12.3. The van der Waals surface area contributed by atoms with Crippen molar-refractivity contribution in [1.82, 2.24) is 5.43 Å². The number of hydrogen-bond donors (Lipinski definition) is 2. The lowest BCUT2D eigenvalue weighted by Crippen LogP contribution is -2.59. The molecule has 1 amide bonds. The Morgan fingerprint density at radius 2 is 2.23 bits per heavy atom. The fourth-order valence-electron chi connectivity index (χ4n) is 3.73. The topological polar surface area (TPSA) is 67.6 Å². The number of hydrogen-bond acceptors (Lipinski definition) is 4. The zero-order valence-corrected chi connectivity index (χ0v) is 14.1. The normalized spacial score (nSPS) is 21.0. The second-order valence-electron chi connectivity index (χ2n) is 6.64. The highest BCUT2D eigenvalue weighted by molar-refractivity contribution is 5.86. The maximum absolute atomic E-state index is 12.3. The van der Waals surface area contributed by atoms with Gasteiger partial charge < -0.3 is 9.64 Å². The summed E-state index contributed by atoms with van der Waals surface area (Å²) in [6, 6.07) is 5.82. The number of benzene rings is 1. The quantitative estimate of drug-likeness (QED) is 0.510. The molecule has 22 heavy (non-hydrogen) atoms. The van der Waals surface area contributed by atoms with Crippen LogP contribution in [0.4, 0.5) is 5.69 Å². The molecule has 0 saturated heterocycles. The Kier molecular flexibility index (Phi) is 4.66. The molecular formula is C17H27N3O2. The molecule has 1 aromatic rings. The van der Waals surface area contributed by atoms with Crippen LogP contribution in [0.25, 0.3) is 0 Å². The number of methoxy groups -OCH3 is 1. The Hall–Kier alpha value is -1.75. The fourth-order valence-corrected chi connectivity index (χ4v) is 3.73. The molecule has 1 aliphatic heterocycles. The van der Waals surface area contributed by atoms with Crippen LogP contribution in [0.5, 0.6) is 5.75 Å². The van der Waals surface area contributed by atoms with Crippen LogP contribution < -0.4 is 20.9 Å². The van der Waals surface area contributed by atoms with Gasteiger partial charge in [-0.1, -0.05) is 19.9 Å². The molecule has 0 fully saturated rings. The summed E-state index contributed by atoms with van der Waals surface area (Å²) in [6.07, 6.45) is 1.68. The second-order valence-corrected chi connectivity index (χ2v) is 6.64. The monoisotopic (exact) mass is 305 g/mol. The van der Waals surface area contributed by atoms with Crippen LogP contribution >= 0.6 is 0 Å². The second kappa shape index (κ2) is 6.16. The van der Waals surface area contributed by atoms with Crippen LogP contribution in [0.2, 0.25) is 0 Å². The first-order chi connectivity index (χ1) is 10.4. The van der Waals surface area contributed by atoms with Crippen molar-refractivity contribution >= 4 is 11.6 Å². The van der Waals surface area contributed by atoms with Crippen molar-refractivity contribution in [1.29, 1.82) is 0 Å². The van der Waals surface area contributed by atoms with Crippen LogP contribution in [-0.4, -0.2) is 24.6 Å². The number of nitrogens with two attached hydrogens (primary N) is 1. The van der Waals surface area contributed by atoms with E-state index in [0.29, 0.717) is 12.3 Å². The lowest BCUT2D eigenvalue weighted by atomic mass is 9.78. The van der Waals surface area contributed by atoms with Gasteiger partial charge in [0.2, 0.25) is 0 Å². The van der Waals surface area contributed by atoms with Crippen molar-refractivity contribution in [3.05, 3.63) is 23.8 Å². The number of rotatable bonds is 4. The summed E-state index contributed by atoms with van der Waals surface area (Å²) < 4.78 is 5.38. The van der Waals surface area contributed by atoms with Crippen molar-refractivity contribution in [3.63, 3.8) is 0 Å². The number of nitrogens with zero attached hydrogens (tertiary/aromatic N) is 1. The van der Waals surface area contributed by atoms with E-state index in [1.807, 2.05) is 19.1 Å². The highest BCUT2D eigenvalue weighted by Crippen LogP contribution is 2.46. The highest BCUT2D eigenvalue weighted by Gasteiger charge is 2.41. The molecule has 0 radical (unpaired) electrons. The molecule has 122 valence electrons. The summed E-state index contributed by atoms with van der Waals surface area (Å²) >= 11 is 0. The first kappa shape index (κ1) is 16.6. The minimum Gasteiger partial charge on any atom is -0.497 e. The molecule has 0 saturated carbocycles. The minimum absolute atomic E-state index is 0.133. The molecule has 3 N–H and O–H groups in total. The zero-order valence-electron chi connectivity index (χ0n) is 14.1. The summed E-state index contributed by atoms with van der Waals surface area (Å²) in [4.78, 5) is 14.5. The Morgan fingerprint density at radius 1 is 1.55 bits per heavy atom. The molecule has 0 bridgehead atoms. The summed E-state index contributed by atoms with van der Waals surface area (Å²) in [6.45, 7) is 8.60. The molecule has 0 aromatic heterocycles. The van der Waals surface area contributed by atoms with Gasteiger partial charge in [0.05, 0.1) is 7.11 Å². The summed E-state index contributed by atoms with van der Waals surface area (Å²) in [5.74, 6) is 6.48. The molecule has 5 nitrogen and oxygen atoms in total. The van der Waals surface area contributed by atoms with E-state index in [1.54, 1.807) is 7.11 Å². The molecule has 2 rings (SSSR count). The first-order valence-corrected chi connectivity index (χ1v) is 7.83. The summed E-state index contributed by atoms with van der Waals surface area (Å²) in [7, 11) is 1.66. The Labute approximate surface area is 132 Å². The first-order valence-electron chi connectivity index (χ1n) is 7.83. The third-order valence-electron chi connectivity index (χ3n) is 4.63. The molecule has 1 aromatic carbocycles. The largest absolute Gasteiger partial charge is 0.497 e. The van der Waals surface area contributed by atoms with Gasteiger partial charge in [-0.3, -0.25) is 10.2 Å². The van der Waals surface area contributed by atoms with Crippen LogP contribution in [0.1, 0.15) is 52.0 Å². The number of carbonyl (C=O) groups excluding carboxylic acids is 1. The number of amides is 1. The number of carbonyl (C=O) groups is 1. The molecule has 0 unspecified atom stereocenters. The molecule has 0 aliphatic carbocycles. The van der Waals surface area contributed by atoms with Gasteiger partial charge in [0.25, 0.3) is 5.91 Å². The van der Waals surface area contributed by atoms with Gasteiger partial charge in [-0.25, -0.2) is 5.84 Å². The van der Waals surface area contributed by atoms with Gasteiger partial charge in [-0.05, 0) is 44.2 Å². The van der Waals surface area contributed by atoms with Gasteiger partial charge in [-0.2, -0.15) is 0 Å². The number of nitrogens with one attached hydrogen (secondary N) is 1. The lowest BCUT2D eigenvalue weighted by molar-refractivity contribution is -0.122. The van der Waals surface area contributed by atoms with E-state index in [9.17, 15) is 4.79 Å². The van der Waals surface area contributed by atoms with Crippen molar-refractivity contribution in [2.45, 2.75) is 58.0 Å². The van der Waals surface area contributed by atoms with E-state index in [2.05, 4.69) is 37.2 Å².